The number of nitrogens with one attached hydrogen (secondary N) is 1. The fourth-order valence-electron chi connectivity index (χ4n) is 2.41. The van der Waals surface area contributed by atoms with Gasteiger partial charge in [-0.3, -0.25) is 4.21 Å². The van der Waals surface area contributed by atoms with Crippen molar-refractivity contribution in [2.75, 3.05) is 32.1 Å². The first-order valence-corrected chi connectivity index (χ1v) is 9.58. The summed E-state index contributed by atoms with van der Waals surface area (Å²) in [6, 6.07) is 10.2. The molecule has 0 fully saturated rings. The van der Waals surface area contributed by atoms with Crippen LogP contribution in [0.5, 0.6) is 0 Å². The highest BCUT2D eigenvalue weighted by atomic mass is 32.2. The number of fused-ring (bicyclic) bond motifs is 1. The molecule has 8 nitrogen and oxygen atoms in total. The molecule has 0 aliphatic heterocycles. The van der Waals surface area contributed by atoms with Gasteiger partial charge < -0.3 is 15.2 Å². The smallest absolute Gasteiger partial charge is 0.257 e. The van der Waals surface area contributed by atoms with Gasteiger partial charge in [0, 0.05) is 54.9 Å². The van der Waals surface area contributed by atoms with Crippen molar-refractivity contribution in [3.63, 3.8) is 0 Å². The molecule has 0 saturated heterocycles. The molecule has 0 bridgehead atoms. The maximum Gasteiger partial charge on any atom is 0.257 e. The van der Waals surface area contributed by atoms with Crippen molar-refractivity contribution in [2.24, 2.45) is 5.73 Å². The van der Waals surface area contributed by atoms with Crippen LogP contribution in [0.1, 0.15) is 0 Å². The lowest BCUT2D eigenvalue weighted by atomic mass is 10.1. The van der Waals surface area contributed by atoms with Crippen LogP contribution in [-0.4, -0.2) is 48.8 Å². The third-order valence-electron chi connectivity index (χ3n) is 3.42. The van der Waals surface area contributed by atoms with E-state index in [4.69, 9.17) is 5.73 Å². The van der Waals surface area contributed by atoms with E-state index >= 15 is 0 Å². The molecule has 0 amide bonds. The lowest BCUT2D eigenvalue weighted by Gasteiger charge is -2.24. The summed E-state index contributed by atoms with van der Waals surface area (Å²) in [5, 5.41) is 1.25. The van der Waals surface area contributed by atoms with Crippen LogP contribution in [0.3, 0.4) is 0 Å². The van der Waals surface area contributed by atoms with Gasteiger partial charge in [-0.25, -0.2) is 8.42 Å². The molecule has 0 radical (unpaired) electrons. The van der Waals surface area contributed by atoms with E-state index < -0.39 is 21.3 Å². The monoisotopic (exact) mass is 371 g/mol. The minimum Gasteiger partial charge on any atom is -0.759 e. The van der Waals surface area contributed by atoms with Crippen LogP contribution in [0, 0.1) is 0 Å². The predicted octanol–water partition coefficient (Wildman–Crippen LogP) is 0.154. The SMILES string of the molecule is CN(C)c1cccc2c(S(=O)(=O)N(CCN)NS(=O)[O-])cccc12. The number of hydrogen-bond donors (Lipinski definition) is 2. The molecule has 0 saturated carbocycles. The average molecular weight is 371 g/mol. The molecule has 10 heteroatoms. The van der Waals surface area contributed by atoms with Crippen molar-refractivity contribution >= 4 is 37.7 Å². The van der Waals surface area contributed by atoms with Gasteiger partial charge in [0.2, 0.25) is 0 Å². The van der Waals surface area contributed by atoms with Crippen molar-refractivity contribution < 1.29 is 17.2 Å². The van der Waals surface area contributed by atoms with Crippen molar-refractivity contribution in [3.8, 4) is 0 Å². The second-order valence-electron chi connectivity index (χ2n) is 5.21. The van der Waals surface area contributed by atoms with Crippen LogP contribution in [-0.2, 0) is 21.3 Å². The van der Waals surface area contributed by atoms with Crippen LogP contribution >= 0.6 is 0 Å². The first kappa shape index (κ1) is 18.8. The second kappa shape index (κ2) is 7.55. The molecule has 0 heterocycles. The third-order valence-corrected chi connectivity index (χ3v) is 5.67. The number of nitrogens with zero attached hydrogens (tertiary/aromatic N) is 2. The molecule has 1 atom stereocenters. The molecule has 2 rings (SSSR count). The lowest BCUT2D eigenvalue weighted by Crippen LogP contribution is -2.46. The maximum absolute atomic E-state index is 12.9. The summed E-state index contributed by atoms with van der Waals surface area (Å²) >= 11 is -2.78. The van der Waals surface area contributed by atoms with Gasteiger partial charge in [0.25, 0.3) is 10.0 Å². The Hall–Kier alpha value is -1.56. The van der Waals surface area contributed by atoms with E-state index in [-0.39, 0.29) is 18.0 Å². The molecular weight excluding hydrogens is 352 g/mol. The van der Waals surface area contributed by atoms with E-state index in [2.05, 4.69) is 0 Å². The lowest BCUT2D eigenvalue weighted by molar-refractivity contribution is 0.375. The molecule has 2 aromatic rings. The molecule has 2 aromatic carbocycles. The zero-order valence-electron chi connectivity index (χ0n) is 13.3. The summed E-state index contributed by atoms with van der Waals surface area (Å²) in [4.78, 5) is 3.78. The highest BCUT2D eigenvalue weighted by molar-refractivity contribution is 7.90. The predicted molar refractivity (Wildman–Crippen MR) is 93.3 cm³/mol. The standard InChI is InChI=1S/C14H20N4O4S2/c1-17(2)13-7-3-6-12-11(13)5-4-8-14(12)24(21,22)18(10-9-15)16-23(19)20/h3-8,16H,9-10,15H2,1-2H3,(H,19,20)/p-1. The zero-order valence-corrected chi connectivity index (χ0v) is 14.9. The Kier molecular flexibility index (Phi) is 5.91. The summed E-state index contributed by atoms with van der Waals surface area (Å²) in [6.07, 6.45) is 0. The largest absolute Gasteiger partial charge is 0.759 e. The summed E-state index contributed by atoms with van der Waals surface area (Å²) in [5.41, 5.74) is 6.26. The van der Waals surface area contributed by atoms with Gasteiger partial charge in [-0.1, -0.05) is 24.3 Å². The highest BCUT2D eigenvalue weighted by Gasteiger charge is 2.26. The van der Waals surface area contributed by atoms with Gasteiger partial charge in [0.1, 0.15) is 0 Å². The van der Waals surface area contributed by atoms with Crippen molar-refractivity contribution in [1.82, 2.24) is 9.25 Å². The average Bonchev–Trinajstić information content (AvgIpc) is 2.52. The summed E-state index contributed by atoms with van der Waals surface area (Å²) in [5.74, 6) is 0. The van der Waals surface area contributed by atoms with E-state index in [0.717, 1.165) is 11.1 Å². The minimum atomic E-state index is -4.10. The number of anilines is 1. The van der Waals surface area contributed by atoms with Gasteiger partial charge in [-0.05, 0) is 12.1 Å². The molecule has 0 aliphatic carbocycles. The number of hydrazine groups is 1. The van der Waals surface area contributed by atoms with E-state index in [9.17, 15) is 17.2 Å². The third kappa shape index (κ3) is 3.74. The van der Waals surface area contributed by atoms with Gasteiger partial charge in [0.15, 0.2) is 0 Å². The fourth-order valence-corrected chi connectivity index (χ4v) is 4.54. The topological polar surface area (TPSA) is 119 Å². The number of nitrogens with two attached hydrogens (primary N) is 1. The first-order valence-electron chi connectivity index (χ1n) is 7.06. The second-order valence-corrected chi connectivity index (χ2v) is 7.70. The Morgan fingerprint density at radius 2 is 1.79 bits per heavy atom. The summed E-state index contributed by atoms with van der Waals surface area (Å²) < 4.78 is 48.2. The Labute approximate surface area is 143 Å². The van der Waals surface area contributed by atoms with Gasteiger partial charge >= 0.3 is 0 Å². The first-order chi connectivity index (χ1) is 11.3. The van der Waals surface area contributed by atoms with E-state index in [1.807, 2.05) is 36.0 Å². The molecule has 3 N–H and O–H groups in total. The van der Waals surface area contributed by atoms with Gasteiger partial charge in [-0.15, -0.1) is 4.41 Å². The minimum absolute atomic E-state index is 0.00935. The molecule has 0 aliphatic rings. The van der Waals surface area contributed by atoms with Crippen molar-refractivity contribution in [2.45, 2.75) is 4.90 Å². The van der Waals surface area contributed by atoms with Crippen molar-refractivity contribution in [3.05, 3.63) is 36.4 Å². The van der Waals surface area contributed by atoms with Crippen LogP contribution in [0.25, 0.3) is 10.8 Å². The molecule has 0 aromatic heterocycles. The fraction of sp³-hybridized carbons (Fsp3) is 0.286. The van der Waals surface area contributed by atoms with E-state index in [1.165, 1.54) is 6.07 Å². The maximum atomic E-state index is 12.9. The molecule has 0 spiro atoms. The summed E-state index contributed by atoms with van der Waals surface area (Å²) in [7, 11) is -0.377. The number of benzene rings is 2. The van der Waals surface area contributed by atoms with Crippen LogP contribution in [0.2, 0.25) is 0 Å². The Balaban J connectivity index is 2.66. The molecule has 1 unspecified atom stereocenters. The molecule has 24 heavy (non-hydrogen) atoms. The van der Waals surface area contributed by atoms with E-state index in [0.29, 0.717) is 9.80 Å². The number of sulfonamides is 1. The summed E-state index contributed by atoms with van der Waals surface area (Å²) in [6.45, 7) is -0.211. The van der Waals surface area contributed by atoms with Gasteiger partial charge in [0.05, 0.1) is 4.90 Å². The molecular formula is C14H19N4O4S2-. The van der Waals surface area contributed by atoms with Crippen molar-refractivity contribution in [1.29, 1.82) is 0 Å². The van der Waals surface area contributed by atoms with E-state index in [1.54, 1.807) is 18.2 Å². The van der Waals surface area contributed by atoms with Crippen LogP contribution in [0.4, 0.5) is 5.69 Å². The zero-order chi connectivity index (χ0) is 17.9. The molecule has 132 valence electrons. The van der Waals surface area contributed by atoms with Gasteiger partial charge in [-0.2, -0.15) is 4.83 Å². The Morgan fingerprint density at radius 1 is 1.17 bits per heavy atom. The van der Waals surface area contributed by atoms with Crippen LogP contribution in [0.15, 0.2) is 41.3 Å². The Morgan fingerprint density at radius 3 is 2.38 bits per heavy atom. The Bertz CT molecular complexity index is 855. The van der Waals surface area contributed by atoms with Crippen LogP contribution < -0.4 is 15.5 Å². The number of hydrogen-bond acceptors (Lipinski definition) is 6. The number of rotatable bonds is 7. The highest BCUT2D eigenvalue weighted by Crippen LogP contribution is 2.31. The normalized spacial score (nSPS) is 13.4. The quantitative estimate of drug-likeness (QED) is 0.528.